The highest BCUT2D eigenvalue weighted by Crippen LogP contribution is 2.33. The van der Waals surface area contributed by atoms with E-state index in [9.17, 15) is 0 Å². The summed E-state index contributed by atoms with van der Waals surface area (Å²) in [5, 5.41) is 0. The van der Waals surface area contributed by atoms with Gasteiger partial charge >= 0.3 is 0 Å². The molecule has 1 aromatic rings. The van der Waals surface area contributed by atoms with Crippen LogP contribution in [0.15, 0.2) is 24.3 Å². The zero-order valence-electron chi connectivity index (χ0n) is 12.0. The molecular weight excluding hydrogens is 232 g/mol. The first-order valence-corrected chi connectivity index (χ1v) is 7.86. The van der Waals surface area contributed by atoms with Gasteiger partial charge in [-0.15, -0.1) is 0 Å². The fraction of sp³-hybridized carbons (Fsp3) is 0.647. The van der Waals surface area contributed by atoms with Crippen molar-refractivity contribution < 1.29 is 0 Å². The number of nitrogens with zero attached hydrogens (tertiary/aromatic N) is 1. The van der Waals surface area contributed by atoms with Crippen molar-refractivity contribution >= 4 is 0 Å². The molecule has 3 atom stereocenters. The molecule has 0 amide bonds. The quantitative estimate of drug-likeness (QED) is 0.783. The maximum Gasteiger partial charge on any atom is 0.0455 e. The first kappa shape index (κ1) is 13.1. The maximum absolute atomic E-state index is 6.64. The molecule has 2 nitrogen and oxygen atoms in total. The van der Waals surface area contributed by atoms with Crippen molar-refractivity contribution in [2.45, 2.75) is 63.6 Å². The molecule has 1 fully saturated rings. The second-order valence-corrected chi connectivity index (χ2v) is 6.27. The molecule has 0 radical (unpaired) electrons. The Morgan fingerprint density at radius 1 is 1.11 bits per heavy atom. The minimum absolute atomic E-state index is 0.194. The number of nitrogens with two attached hydrogens (primary N) is 1. The molecule has 0 saturated carbocycles. The Bertz CT molecular complexity index is 429. The lowest BCUT2D eigenvalue weighted by Gasteiger charge is -2.42. The van der Waals surface area contributed by atoms with Crippen LogP contribution in [-0.4, -0.2) is 23.5 Å². The molecule has 1 aliphatic carbocycles. The SMILES string of the molecule is CC1CCCCN1C1CCCc2ccccc2C1N. The third kappa shape index (κ3) is 2.56. The lowest BCUT2D eigenvalue weighted by Crippen LogP contribution is -2.49. The molecule has 1 saturated heterocycles. The topological polar surface area (TPSA) is 29.3 Å². The summed E-state index contributed by atoms with van der Waals surface area (Å²) in [5.74, 6) is 0. The molecule has 0 spiro atoms. The van der Waals surface area contributed by atoms with Crippen LogP contribution < -0.4 is 5.73 Å². The van der Waals surface area contributed by atoms with E-state index in [4.69, 9.17) is 5.73 Å². The summed E-state index contributed by atoms with van der Waals surface area (Å²) in [6.45, 7) is 3.62. The molecule has 104 valence electrons. The Labute approximate surface area is 117 Å². The minimum Gasteiger partial charge on any atom is -0.323 e. The predicted octanol–water partition coefficient (Wildman–Crippen LogP) is 3.27. The zero-order chi connectivity index (χ0) is 13.2. The zero-order valence-corrected chi connectivity index (χ0v) is 12.0. The molecule has 19 heavy (non-hydrogen) atoms. The summed E-state index contributed by atoms with van der Waals surface area (Å²) in [6, 6.07) is 10.2. The molecule has 2 heteroatoms. The van der Waals surface area contributed by atoms with E-state index in [0.29, 0.717) is 12.1 Å². The molecule has 3 rings (SSSR count). The van der Waals surface area contributed by atoms with Crippen LogP contribution in [0.25, 0.3) is 0 Å². The normalized spacial score (nSPS) is 32.6. The Morgan fingerprint density at radius 2 is 1.95 bits per heavy atom. The predicted molar refractivity (Wildman–Crippen MR) is 80.1 cm³/mol. The van der Waals surface area contributed by atoms with Crippen molar-refractivity contribution in [3.8, 4) is 0 Å². The molecule has 1 aliphatic heterocycles. The van der Waals surface area contributed by atoms with E-state index in [1.165, 1.54) is 56.2 Å². The smallest absolute Gasteiger partial charge is 0.0455 e. The van der Waals surface area contributed by atoms with Gasteiger partial charge in [0.2, 0.25) is 0 Å². The number of aryl methyl sites for hydroxylation is 1. The second-order valence-electron chi connectivity index (χ2n) is 6.27. The molecule has 0 aromatic heterocycles. The Kier molecular flexibility index (Phi) is 3.90. The maximum atomic E-state index is 6.64. The Morgan fingerprint density at radius 3 is 2.79 bits per heavy atom. The van der Waals surface area contributed by atoms with Crippen molar-refractivity contribution in [3.05, 3.63) is 35.4 Å². The van der Waals surface area contributed by atoms with Crippen LogP contribution in [0.4, 0.5) is 0 Å². The van der Waals surface area contributed by atoms with Crippen molar-refractivity contribution in [1.82, 2.24) is 4.90 Å². The van der Waals surface area contributed by atoms with E-state index in [0.717, 1.165) is 0 Å². The Balaban J connectivity index is 1.86. The van der Waals surface area contributed by atoms with Crippen LogP contribution in [0.1, 0.15) is 56.2 Å². The van der Waals surface area contributed by atoms with Gasteiger partial charge in [0.1, 0.15) is 0 Å². The van der Waals surface area contributed by atoms with E-state index in [2.05, 4.69) is 36.1 Å². The van der Waals surface area contributed by atoms with Gasteiger partial charge in [-0.05, 0) is 56.7 Å². The molecule has 0 bridgehead atoms. The number of hydrogen-bond donors (Lipinski definition) is 1. The lowest BCUT2D eigenvalue weighted by atomic mass is 9.92. The molecule has 1 aromatic carbocycles. The average Bonchev–Trinajstić information content (AvgIpc) is 2.60. The number of likely N-dealkylation sites (tertiary alicyclic amines) is 1. The third-order valence-electron chi connectivity index (χ3n) is 5.06. The number of hydrogen-bond acceptors (Lipinski definition) is 2. The van der Waals surface area contributed by atoms with Gasteiger partial charge in [0.15, 0.2) is 0 Å². The van der Waals surface area contributed by atoms with E-state index in [1.807, 2.05) is 0 Å². The van der Waals surface area contributed by atoms with E-state index in [-0.39, 0.29) is 6.04 Å². The molecule has 2 aliphatic rings. The Hall–Kier alpha value is -0.860. The highest BCUT2D eigenvalue weighted by Gasteiger charge is 2.32. The van der Waals surface area contributed by atoms with Gasteiger partial charge in [-0.3, -0.25) is 4.90 Å². The van der Waals surface area contributed by atoms with Gasteiger partial charge in [-0.1, -0.05) is 30.7 Å². The van der Waals surface area contributed by atoms with Gasteiger partial charge in [0.05, 0.1) is 0 Å². The van der Waals surface area contributed by atoms with Crippen molar-refractivity contribution in [2.24, 2.45) is 5.73 Å². The highest BCUT2D eigenvalue weighted by atomic mass is 15.2. The largest absolute Gasteiger partial charge is 0.323 e. The summed E-state index contributed by atoms with van der Waals surface area (Å²) in [6.07, 6.45) is 7.79. The number of benzene rings is 1. The number of piperidine rings is 1. The van der Waals surface area contributed by atoms with Crippen molar-refractivity contribution in [2.75, 3.05) is 6.54 Å². The van der Waals surface area contributed by atoms with Crippen LogP contribution in [0.3, 0.4) is 0 Å². The summed E-state index contributed by atoms with van der Waals surface area (Å²) in [5.41, 5.74) is 9.51. The van der Waals surface area contributed by atoms with Crippen LogP contribution in [0.2, 0.25) is 0 Å². The summed E-state index contributed by atoms with van der Waals surface area (Å²) in [7, 11) is 0. The second kappa shape index (κ2) is 5.64. The van der Waals surface area contributed by atoms with Crippen LogP contribution in [-0.2, 0) is 6.42 Å². The fourth-order valence-corrected chi connectivity index (χ4v) is 3.96. The van der Waals surface area contributed by atoms with Crippen LogP contribution in [0.5, 0.6) is 0 Å². The van der Waals surface area contributed by atoms with Crippen LogP contribution >= 0.6 is 0 Å². The lowest BCUT2D eigenvalue weighted by molar-refractivity contribution is 0.0843. The van der Waals surface area contributed by atoms with Gasteiger partial charge in [0, 0.05) is 18.1 Å². The third-order valence-corrected chi connectivity index (χ3v) is 5.06. The van der Waals surface area contributed by atoms with Crippen molar-refractivity contribution in [1.29, 1.82) is 0 Å². The minimum atomic E-state index is 0.194. The number of rotatable bonds is 1. The van der Waals surface area contributed by atoms with Gasteiger partial charge in [-0.25, -0.2) is 0 Å². The summed E-state index contributed by atoms with van der Waals surface area (Å²) < 4.78 is 0. The monoisotopic (exact) mass is 258 g/mol. The number of fused-ring (bicyclic) bond motifs is 1. The molecular formula is C17H26N2. The average molecular weight is 258 g/mol. The van der Waals surface area contributed by atoms with Gasteiger partial charge in [-0.2, -0.15) is 0 Å². The fourth-order valence-electron chi connectivity index (χ4n) is 3.96. The summed E-state index contributed by atoms with van der Waals surface area (Å²) in [4.78, 5) is 2.69. The molecule has 3 unspecified atom stereocenters. The van der Waals surface area contributed by atoms with Gasteiger partial charge < -0.3 is 5.73 Å². The van der Waals surface area contributed by atoms with Gasteiger partial charge in [0.25, 0.3) is 0 Å². The highest BCUT2D eigenvalue weighted by molar-refractivity contribution is 5.32. The first-order chi connectivity index (χ1) is 9.27. The standard InChI is InChI=1S/C17H26N2/c1-13-7-4-5-12-19(13)16-11-6-9-14-8-2-3-10-15(14)17(16)18/h2-3,8,10,13,16-17H,4-7,9,11-12,18H2,1H3. The van der Waals surface area contributed by atoms with Crippen LogP contribution in [0, 0.1) is 0 Å². The van der Waals surface area contributed by atoms with E-state index >= 15 is 0 Å². The van der Waals surface area contributed by atoms with Crippen molar-refractivity contribution in [3.63, 3.8) is 0 Å². The van der Waals surface area contributed by atoms with E-state index < -0.39 is 0 Å². The molecule has 1 heterocycles. The summed E-state index contributed by atoms with van der Waals surface area (Å²) >= 11 is 0. The van der Waals surface area contributed by atoms with E-state index in [1.54, 1.807) is 0 Å². The molecule has 2 N–H and O–H groups in total. The first-order valence-electron chi connectivity index (χ1n) is 7.86.